The van der Waals surface area contributed by atoms with Crippen LogP contribution in [0.4, 0.5) is 0 Å². The highest BCUT2D eigenvalue weighted by molar-refractivity contribution is 6.33. The van der Waals surface area contributed by atoms with Gasteiger partial charge in [-0.15, -0.1) is 0 Å². The van der Waals surface area contributed by atoms with E-state index in [9.17, 15) is 9.90 Å². The van der Waals surface area contributed by atoms with Crippen LogP contribution in [-0.4, -0.2) is 5.97 Å². The van der Waals surface area contributed by atoms with E-state index in [0.717, 1.165) is 5.56 Å². The summed E-state index contributed by atoms with van der Waals surface area (Å²) < 4.78 is 0. The molecule has 0 amide bonds. The van der Waals surface area contributed by atoms with Crippen LogP contribution < -0.4 is 5.11 Å². The molecule has 0 spiro atoms. The van der Waals surface area contributed by atoms with Crippen LogP contribution in [0.25, 0.3) is 11.1 Å². The third-order valence-corrected chi connectivity index (χ3v) is 2.62. The Bertz CT molecular complexity index is 521. The molecular weight excluding hydrogens is 224 g/mol. The van der Waals surface area contributed by atoms with Crippen LogP contribution in [0.2, 0.25) is 5.02 Å². The molecular formula is C13H8ClO2-. The zero-order valence-electron chi connectivity index (χ0n) is 8.31. The second kappa shape index (κ2) is 4.37. The summed E-state index contributed by atoms with van der Waals surface area (Å²) in [7, 11) is 0. The van der Waals surface area contributed by atoms with Gasteiger partial charge in [0.25, 0.3) is 0 Å². The lowest BCUT2D eigenvalue weighted by atomic mass is 10.0. The molecule has 0 aromatic heterocycles. The molecule has 16 heavy (non-hydrogen) atoms. The Morgan fingerprint density at radius 3 is 2.38 bits per heavy atom. The van der Waals surface area contributed by atoms with Gasteiger partial charge in [0, 0.05) is 10.6 Å². The topological polar surface area (TPSA) is 40.1 Å². The van der Waals surface area contributed by atoms with E-state index in [0.29, 0.717) is 10.6 Å². The summed E-state index contributed by atoms with van der Waals surface area (Å²) in [5, 5.41) is 11.3. The predicted octanol–water partition coefficient (Wildman–Crippen LogP) is 2.37. The Labute approximate surface area is 98.1 Å². The standard InChI is InChI=1S/C13H9ClO2/c14-12-7-6-10(13(15)16)8-11(12)9-4-2-1-3-5-9/h1-8H,(H,15,16)/p-1. The molecule has 0 atom stereocenters. The van der Waals surface area contributed by atoms with Crippen molar-refractivity contribution in [2.24, 2.45) is 0 Å². The molecule has 2 aromatic carbocycles. The van der Waals surface area contributed by atoms with E-state index >= 15 is 0 Å². The first-order chi connectivity index (χ1) is 7.68. The van der Waals surface area contributed by atoms with Gasteiger partial charge in [-0.25, -0.2) is 0 Å². The molecule has 0 fully saturated rings. The maximum absolute atomic E-state index is 10.7. The van der Waals surface area contributed by atoms with E-state index in [1.165, 1.54) is 12.1 Å². The minimum atomic E-state index is -1.20. The molecule has 0 bridgehead atoms. The van der Waals surface area contributed by atoms with Gasteiger partial charge in [0.1, 0.15) is 0 Å². The van der Waals surface area contributed by atoms with Crippen LogP contribution in [0.15, 0.2) is 48.5 Å². The molecule has 0 N–H and O–H groups in total. The number of rotatable bonds is 2. The molecule has 2 aromatic rings. The summed E-state index contributed by atoms with van der Waals surface area (Å²) in [6.07, 6.45) is 0. The second-order valence-electron chi connectivity index (χ2n) is 3.35. The van der Waals surface area contributed by atoms with Crippen LogP contribution in [-0.2, 0) is 0 Å². The van der Waals surface area contributed by atoms with Gasteiger partial charge in [-0.05, 0) is 23.3 Å². The molecule has 0 aliphatic rings. The van der Waals surface area contributed by atoms with Crippen LogP contribution >= 0.6 is 11.6 Å². The van der Waals surface area contributed by atoms with Crippen LogP contribution in [0.1, 0.15) is 10.4 Å². The zero-order valence-corrected chi connectivity index (χ0v) is 9.07. The molecule has 0 saturated heterocycles. The fourth-order valence-corrected chi connectivity index (χ4v) is 1.72. The first-order valence-corrected chi connectivity index (χ1v) is 5.12. The Hall–Kier alpha value is -1.80. The van der Waals surface area contributed by atoms with Crippen molar-refractivity contribution < 1.29 is 9.90 Å². The fourth-order valence-electron chi connectivity index (χ4n) is 1.49. The van der Waals surface area contributed by atoms with Crippen molar-refractivity contribution in [1.29, 1.82) is 0 Å². The molecule has 2 rings (SSSR count). The van der Waals surface area contributed by atoms with Crippen LogP contribution in [0.3, 0.4) is 0 Å². The predicted molar refractivity (Wildman–Crippen MR) is 61.2 cm³/mol. The first-order valence-electron chi connectivity index (χ1n) is 4.75. The minimum Gasteiger partial charge on any atom is -0.545 e. The van der Waals surface area contributed by atoms with Gasteiger partial charge in [0.2, 0.25) is 0 Å². The largest absolute Gasteiger partial charge is 0.545 e. The average Bonchev–Trinajstić information content (AvgIpc) is 2.30. The highest BCUT2D eigenvalue weighted by Gasteiger charge is 2.04. The molecule has 2 nitrogen and oxygen atoms in total. The van der Waals surface area contributed by atoms with Gasteiger partial charge in [-0.1, -0.05) is 48.0 Å². The second-order valence-corrected chi connectivity index (χ2v) is 3.76. The highest BCUT2D eigenvalue weighted by atomic mass is 35.5. The van der Waals surface area contributed by atoms with Crippen molar-refractivity contribution >= 4 is 17.6 Å². The summed E-state index contributed by atoms with van der Waals surface area (Å²) in [4.78, 5) is 10.7. The number of carbonyl (C=O) groups excluding carboxylic acids is 1. The molecule has 0 saturated carbocycles. The van der Waals surface area contributed by atoms with Crippen molar-refractivity contribution in [3.05, 3.63) is 59.1 Å². The van der Waals surface area contributed by atoms with E-state index in [1.54, 1.807) is 6.07 Å². The summed E-state index contributed by atoms with van der Waals surface area (Å²) >= 11 is 6.02. The van der Waals surface area contributed by atoms with Crippen molar-refractivity contribution in [2.45, 2.75) is 0 Å². The van der Waals surface area contributed by atoms with Crippen LogP contribution in [0, 0.1) is 0 Å². The quantitative estimate of drug-likeness (QED) is 0.796. The first kappa shape index (κ1) is 10.7. The molecule has 0 aliphatic carbocycles. The Morgan fingerprint density at radius 2 is 1.75 bits per heavy atom. The maximum atomic E-state index is 10.7. The summed E-state index contributed by atoms with van der Waals surface area (Å²) in [5.74, 6) is -1.20. The summed E-state index contributed by atoms with van der Waals surface area (Å²) in [6.45, 7) is 0. The van der Waals surface area contributed by atoms with E-state index in [-0.39, 0.29) is 5.56 Å². The van der Waals surface area contributed by atoms with Gasteiger partial charge in [0.05, 0.1) is 5.97 Å². The van der Waals surface area contributed by atoms with E-state index in [4.69, 9.17) is 11.6 Å². The van der Waals surface area contributed by atoms with Crippen molar-refractivity contribution in [3.63, 3.8) is 0 Å². The molecule has 0 heterocycles. The fraction of sp³-hybridized carbons (Fsp3) is 0. The van der Waals surface area contributed by atoms with Crippen molar-refractivity contribution in [2.75, 3.05) is 0 Å². The van der Waals surface area contributed by atoms with E-state index < -0.39 is 5.97 Å². The third-order valence-electron chi connectivity index (χ3n) is 2.29. The molecule has 0 aliphatic heterocycles. The average molecular weight is 232 g/mol. The number of benzene rings is 2. The molecule has 0 radical (unpaired) electrons. The van der Waals surface area contributed by atoms with Crippen molar-refractivity contribution in [3.8, 4) is 11.1 Å². The number of hydrogen-bond acceptors (Lipinski definition) is 2. The number of aromatic carboxylic acids is 1. The number of carboxylic acids is 1. The maximum Gasteiger partial charge on any atom is 0.0715 e. The molecule has 80 valence electrons. The van der Waals surface area contributed by atoms with Gasteiger partial charge < -0.3 is 9.90 Å². The van der Waals surface area contributed by atoms with Gasteiger partial charge in [-0.3, -0.25) is 0 Å². The number of carboxylic acid groups (broad SMARTS) is 1. The number of halogens is 1. The van der Waals surface area contributed by atoms with E-state index in [1.807, 2.05) is 30.3 Å². The lowest BCUT2D eigenvalue weighted by molar-refractivity contribution is -0.255. The Balaban J connectivity index is 2.56. The summed E-state index contributed by atoms with van der Waals surface area (Å²) in [6, 6.07) is 13.9. The number of carbonyl (C=O) groups is 1. The molecule has 3 heteroatoms. The monoisotopic (exact) mass is 231 g/mol. The summed E-state index contributed by atoms with van der Waals surface area (Å²) in [5.41, 5.74) is 1.71. The zero-order chi connectivity index (χ0) is 11.5. The highest BCUT2D eigenvalue weighted by Crippen LogP contribution is 2.28. The Kier molecular flexibility index (Phi) is 2.93. The minimum absolute atomic E-state index is 0.128. The third kappa shape index (κ3) is 2.07. The lowest BCUT2D eigenvalue weighted by Gasteiger charge is -2.08. The van der Waals surface area contributed by atoms with Crippen LogP contribution in [0.5, 0.6) is 0 Å². The normalized spacial score (nSPS) is 10.1. The van der Waals surface area contributed by atoms with Crippen molar-refractivity contribution in [1.82, 2.24) is 0 Å². The van der Waals surface area contributed by atoms with Gasteiger partial charge in [0.15, 0.2) is 0 Å². The van der Waals surface area contributed by atoms with Gasteiger partial charge in [-0.2, -0.15) is 0 Å². The lowest BCUT2D eigenvalue weighted by Crippen LogP contribution is -2.22. The van der Waals surface area contributed by atoms with Gasteiger partial charge >= 0.3 is 0 Å². The number of hydrogen-bond donors (Lipinski definition) is 0. The van der Waals surface area contributed by atoms with E-state index in [2.05, 4.69) is 0 Å². The smallest absolute Gasteiger partial charge is 0.0715 e. The SMILES string of the molecule is O=C([O-])c1ccc(Cl)c(-c2ccccc2)c1. The molecule has 0 unspecified atom stereocenters. The Morgan fingerprint density at radius 1 is 1.06 bits per heavy atom.